The van der Waals surface area contributed by atoms with E-state index in [4.69, 9.17) is 9.72 Å². The number of carbonyl (C=O) groups excluding carboxylic acids is 1. The maximum Gasteiger partial charge on any atom is 0.254 e. The minimum absolute atomic E-state index is 0.133. The fourth-order valence-electron chi connectivity index (χ4n) is 4.83. The maximum absolute atomic E-state index is 13.6. The van der Waals surface area contributed by atoms with Crippen molar-refractivity contribution in [3.05, 3.63) is 52.8 Å². The summed E-state index contributed by atoms with van der Waals surface area (Å²) in [6, 6.07) is 10.4. The summed E-state index contributed by atoms with van der Waals surface area (Å²) in [6.07, 6.45) is 5.46. The molecule has 162 valence electrons. The lowest BCUT2D eigenvalue weighted by Gasteiger charge is -2.32. The Hall–Kier alpha value is -2.89. The summed E-state index contributed by atoms with van der Waals surface area (Å²) < 4.78 is 7.07. The smallest absolute Gasteiger partial charge is 0.254 e. The van der Waals surface area contributed by atoms with Gasteiger partial charge < -0.3 is 9.64 Å². The molecule has 2 fully saturated rings. The maximum atomic E-state index is 13.6. The van der Waals surface area contributed by atoms with E-state index < -0.39 is 0 Å². The first-order valence-electron chi connectivity index (χ1n) is 11.3. The molecule has 1 saturated heterocycles. The summed E-state index contributed by atoms with van der Waals surface area (Å²) in [5.41, 5.74) is 4.88. The van der Waals surface area contributed by atoms with Crippen LogP contribution in [0.1, 0.15) is 58.9 Å². The number of likely N-dealkylation sites (tertiary alicyclic amines) is 1. The van der Waals surface area contributed by atoms with Gasteiger partial charge in [-0.05, 0) is 68.7 Å². The van der Waals surface area contributed by atoms with E-state index in [1.54, 1.807) is 7.11 Å². The van der Waals surface area contributed by atoms with E-state index in [2.05, 4.69) is 17.2 Å². The van der Waals surface area contributed by atoms with Crippen LogP contribution < -0.4 is 4.74 Å². The average Bonchev–Trinajstić information content (AvgIpc) is 3.60. The number of piperidine rings is 1. The minimum atomic E-state index is 0.133. The van der Waals surface area contributed by atoms with Gasteiger partial charge in [0.25, 0.3) is 5.91 Å². The SMILES string of the molecule is COc1ccc(CC2CCN(C(=O)c3cc(C4CC4)nc4c3c(C)nn4C)CC2)cc1. The molecule has 1 amide bonds. The zero-order chi connectivity index (χ0) is 21.5. The van der Waals surface area contributed by atoms with Gasteiger partial charge in [0.05, 0.1) is 23.8 Å². The van der Waals surface area contributed by atoms with Crippen LogP contribution in [0.25, 0.3) is 11.0 Å². The lowest BCUT2D eigenvalue weighted by molar-refractivity contribution is 0.0692. The number of aromatic nitrogens is 3. The third kappa shape index (κ3) is 3.91. The summed E-state index contributed by atoms with van der Waals surface area (Å²) in [5.74, 6) is 2.14. The second-order valence-corrected chi connectivity index (χ2v) is 9.06. The van der Waals surface area contributed by atoms with Crippen molar-refractivity contribution in [2.75, 3.05) is 20.2 Å². The normalized spacial score (nSPS) is 17.3. The molecule has 0 spiro atoms. The molecular formula is C25H30N4O2. The monoisotopic (exact) mass is 418 g/mol. The van der Waals surface area contributed by atoms with Crippen molar-refractivity contribution < 1.29 is 9.53 Å². The third-order valence-electron chi connectivity index (χ3n) is 6.80. The largest absolute Gasteiger partial charge is 0.497 e. The molecule has 6 heteroatoms. The average molecular weight is 419 g/mol. The number of amides is 1. The third-order valence-corrected chi connectivity index (χ3v) is 6.80. The molecular weight excluding hydrogens is 388 g/mol. The Labute approximate surface area is 183 Å². The Morgan fingerprint density at radius 2 is 1.84 bits per heavy atom. The van der Waals surface area contributed by atoms with Gasteiger partial charge in [0.2, 0.25) is 0 Å². The van der Waals surface area contributed by atoms with Crippen molar-refractivity contribution in [2.24, 2.45) is 13.0 Å². The number of carbonyl (C=O) groups is 1. The van der Waals surface area contributed by atoms with E-state index in [9.17, 15) is 4.79 Å². The molecule has 31 heavy (non-hydrogen) atoms. The Balaban J connectivity index is 1.32. The first-order chi connectivity index (χ1) is 15.0. The van der Waals surface area contributed by atoms with Crippen LogP contribution in [-0.2, 0) is 13.5 Å². The Kier molecular flexibility index (Phi) is 5.16. The Morgan fingerprint density at radius 3 is 2.48 bits per heavy atom. The molecule has 0 unspecified atom stereocenters. The summed E-state index contributed by atoms with van der Waals surface area (Å²) >= 11 is 0. The van der Waals surface area contributed by atoms with Gasteiger partial charge in [0, 0.05) is 31.7 Å². The molecule has 1 aliphatic carbocycles. The molecule has 2 aliphatic rings. The van der Waals surface area contributed by atoms with Crippen LogP contribution in [0.4, 0.5) is 0 Å². The van der Waals surface area contributed by atoms with Crippen LogP contribution in [0.2, 0.25) is 0 Å². The predicted octanol–water partition coefficient (Wildman–Crippen LogP) is 4.26. The molecule has 1 aromatic carbocycles. The lowest BCUT2D eigenvalue weighted by Crippen LogP contribution is -2.39. The standard InChI is InChI=1S/C25H30N4O2/c1-16-23-21(15-22(19-6-7-19)26-24(23)28(2)27-16)25(30)29-12-10-18(11-13-29)14-17-4-8-20(31-3)9-5-17/h4-5,8-9,15,18-19H,6-7,10-14H2,1-3H3. The number of hydrogen-bond donors (Lipinski definition) is 0. The van der Waals surface area contributed by atoms with Crippen molar-refractivity contribution in [1.82, 2.24) is 19.7 Å². The summed E-state index contributed by atoms with van der Waals surface area (Å²) in [7, 11) is 3.61. The highest BCUT2D eigenvalue weighted by atomic mass is 16.5. The number of ether oxygens (including phenoxy) is 1. The predicted molar refractivity (Wildman–Crippen MR) is 121 cm³/mol. The molecule has 0 radical (unpaired) electrons. The van der Waals surface area contributed by atoms with E-state index in [1.165, 1.54) is 18.4 Å². The van der Waals surface area contributed by atoms with Gasteiger partial charge >= 0.3 is 0 Å². The zero-order valence-electron chi connectivity index (χ0n) is 18.6. The molecule has 0 N–H and O–H groups in total. The van der Waals surface area contributed by atoms with E-state index in [0.717, 1.165) is 66.1 Å². The fourth-order valence-corrected chi connectivity index (χ4v) is 4.83. The first-order valence-corrected chi connectivity index (χ1v) is 11.3. The Morgan fingerprint density at radius 1 is 1.13 bits per heavy atom. The first kappa shape index (κ1) is 20.0. The van der Waals surface area contributed by atoms with Gasteiger partial charge in [0.1, 0.15) is 5.75 Å². The van der Waals surface area contributed by atoms with Crippen LogP contribution in [0.5, 0.6) is 5.75 Å². The van der Waals surface area contributed by atoms with Crippen molar-refractivity contribution in [3.8, 4) is 5.75 Å². The number of benzene rings is 1. The van der Waals surface area contributed by atoms with Gasteiger partial charge in [-0.15, -0.1) is 0 Å². The van der Waals surface area contributed by atoms with E-state index >= 15 is 0 Å². The molecule has 0 atom stereocenters. The highest BCUT2D eigenvalue weighted by Gasteiger charge is 2.31. The van der Waals surface area contributed by atoms with Crippen molar-refractivity contribution in [2.45, 2.75) is 44.9 Å². The quantitative estimate of drug-likeness (QED) is 0.621. The number of pyridine rings is 1. The van der Waals surface area contributed by atoms with Gasteiger partial charge in [-0.1, -0.05) is 12.1 Å². The number of methoxy groups -OCH3 is 1. The molecule has 3 aromatic rings. The second kappa shape index (κ2) is 7.98. The number of fused-ring (bicyclic) bond motifs is 1. The van der Waals surface area contributed by atoms with Crippen LogP contribution in [0, 0.1) is 12.8 Å². The van der Waals surface area contributed by atoms with E-state index in [-0.39, 0.29) is 5.91 Å². The molecule has 5 rings (SSSR count). The van der Waals surface area contributed by atoms with Gasteiger partial charge in [0.15, 0.2) is 5.65 Å². The number of rotatable bonds is 5. The molecule has 1 aliphatic heterocycles. The molecule has 0 bridgehead atoms. The van der Waals surface area contributed by atoms with Crippen LogP contribution in [0.15, 0.2) is 30.3 Å². The Bertz CT molecular complexity index is 1110. The summed E-state index contributed by atoms with van der Waals surface area (Å²) in [6.45, 7) is 3.59. The highest BCUT2D eigenvalue weighted by Crippen LogP contribution is 2.40. The van der Waals surface area contributed by atoms with E-state index in [1.807, 2.05) is 41.8 Å². The van der Waals surface area contributed by atoms with E-state index in [0.29, 0.717) is 11.8 Å². The molecule has 3 heterocycles. The molecule has 2 aromatic heterocycles. The lowest BCUT2D eigenvalue weighted by atomic mass is 9.90. The van der Waals surface area contributed by atoms with Crippen LogP contribution >= 0.6 is 0 Å². The number of hydrogen-bond acceptors (Lipinski definition) is 4. The van der Waals surface area contributed by atoms with Crippen LogP contribution in [0.3, 0.4) is 0 Å². The van der Waals surface area contributed by atoms with Crippen LogP contribution in [-0.4, -0.2) is 45.8 Å². The van der Waals surface area contributed by atoms with Crippen molar-refractivity contribution in [1.29, 1.82) is 0 Å². The van der Waals surface area contributed by atoms with Gasteiger partial charge in [-0.2, -0.15) is 5.10 Å². The van der Waals surface area contributed by atoms with Crippen molar-refractivity contribution >= 4 is 16.9 Å². The number of aryl methyl sites for hydroxylation is 2. The second-order valence-electron chi connectivity index (χ2n) is 9.06. The topological polar surface area (TPSA) is 60.2 Å². The summed E-state index contributed by atoms with van der Waals surface area (Å²) in [5, 5.41) is 5.46. The molecule has 1 saturated carbocycles. The van der Waals surface area contributed by atoms with Crippen molar-refractivity contribution in [3.63, 3.8) is 0 Å². The zero-order valence-corrected chi connectivity index (χ0v) is 18.6. The van der Waals surface area contributed by atoms with Gasteiger partial charge in [-0.3, -0.25) is 9.48 Å². The minimum Gasteiger partial charge on any atom is -0.497 e. The highest BCUT2D eigenvalue weighted by molar-refractivity contribution is 6.06. The molecule has 6 nitrogen and oxygen atoms in total. The number of nitrogens with zero attached hydrogens (tertiary/aromatic N) is 4. The fraction of sp³-hybridized carbons (Fsp3) is 0.480. The summed E-state index contributed by atoms with van der Waals surface area (Å²) in [4.78, 5) is 20.4. The van der Waals surface area contributed by atoms with Gasteiger partial charge in [-0.25, -0.2) is 4.98 Å².